The molecule has 0 N–H and O–H groups in total. The minimum Gasteiger partial charge on any atom is -0.331 e. The number of hydrogen-bond donors (Lipinski definition) is 0. The van der Waals surface area contributed by atoms with Crippen molar-refractivity contribution in [2.24, 2.45) is 11.3 Å². The van der Waals surface area contributed by atoms with E-state index in [4.69, 9.17) is 6.42 Å². The Morgan fingerprint density at radius 2 is 2.23 bits per heavy atom. The first-order valence-electron chi connectivity index (χ1n) is 4.70. The molecule has 13 heavy (non-hydrogen) atoms. The van der Waals surface area contributed by atoms with Crippen molar-refractivity contribution in [3.8, 4) is 12.3 Å². The molecule has 0 aromatic rings. The molecule has 1 amide bonds. The van der Waals surface area contributed by atoms with Crippen molar-refractivity contribution in [3.05, 3.63) is 0 Å². The van der Waals surface area contributed by atoms with Crippen LogP contribution in [-0.4, -0.2) is 23.9 Å². The summed E-state index contributed by atoms with van der Waals surface area (Å²) in [5, 5.41) is 0. The largest absolute Gasteiger partial charge is 0.331 e. The van der Waals surface area contributed by atoms with Crippen molar-refractivity contribution in [1.82, 2.24) is 4.90 Å². The van der Waals surface area contributed by atoms with Crippen molar-refractivity contribution >= 4 is 5.91 Å². The van der Waals surface area contributed by atoms with E-state index < -0.39 is 0 Å². The van der Waals surface area contributed by atoms with Gasteiger partial charge in [0.2, 0.25) is 0 Å². The minimum atomic E-state index is -0.167. The molecular formula is C11H17NO. The van der Waals surface area contributed by atoms with Crippen LogP contribution in [0.15, 0.2) is 0 Å². The zero-order chi connectivity index (χ0) is 10.1. The van der Waals surface area contributed by atoms with E-state index in [0.29, 0.717) is 5.92 Å². The lowest BCUT2D eigenvalue weighted by molar-refractivity contribution is -0.129. The minimum absolute atomic E-state index is 0.167. The molecular weight excluding hydrogens is 162 g/mol. The summed E-state index contributed by atoms with van der Waals surface area (Å²) in [6, 6.07) is 0. The van der Waals surface area contributed by atoms with Gasteiger partial charge in [-0.1, -0.05) is 20.8 Å². The third-order valence-corrected chi connectivity index (χ3v) is 2.46. The Kier molecular flexibility index (Phi) is 2.66. The van der Waals surface area contributed by atoms with Gasteiger partial charge in [-0.05, 0) is 23.7 Å². The molecule has 0 aromatic heterocycles. The van der Waals surface area contributed by atoms with E-state index in [-0.39, 0.29) is 11.3 Å². The smallest absolute Gasteiger partial charge is 0.298 e. The van der Waals surface area contributed by atoms with Crippen LogP contribution < -0.4 is 0 Å². The van der Waals surface area contributed by atoms with Crippen LogP contribution in [0.4, 0.5) is 0 Å². The van der Waals surface area contributed by atoms with Crippen molar-refractivity contribution in [1.29, 1.82) is 0 Å². The van der Waals surface area contributed by atoms with Crippen molar-refractivity contribution in [2.45, 2.75) is 27.2 Å². The molecule has 0 aliphatic carbocycles. The number of carbonyl (C=O) groups excluding carboxylic acids is 1. The fourth-order valence-electron chi connectivity index (χ4n) is 2.28. The van der Waals surface area contributed by atoms with Crippen molar-refractivity contribution < 1.29 is 4.79 Å². The summed E-state index contributed by atoms with van der Waals surface area (Å²) in [4.78, 5) is 13.1. The van der Waals surface area contributed by atoms with Crippen molar-refractivity contribution in [2.75, 3.05) is 13.1 Å². The summed E-state index contributed by atoms with van der Waals surface area (Å²) in [6.45, 7) is 8.13. The monoisotopic (exact) mass is 179 g/mol. The zero-order valence-electron chi connectivity index (χ0n) is 8.63. The fraction of sp³-hybridized carbons (Fsp3) is 0.727. The molecule has 0 saturated carbocycles. The summed E-state index contributed by atoms with van der Waals surface area (Å²) in [6.07, 6.45) is 6.26. The number of terminal acetylenes is 1. The van der Waals surface area contributed by atoms with Crippen LogP contribution in [0.1, 0.15) is 27.2 Å². The third kappa shape index (κ3) is 2.48. The van der Waals surface area contributed by atoms with Crippen LogP contribution in [0.3, 0.4) is 0 Å². The normalized spacial score (nSPS) is 26.6. The van der Waals surface area contributed by atoms with E-state index in [1.807, 2.05) is 0 Å². The second-order valence-corrected chi connectivity index (χ2v) is 4.80. The van der Waals surface area contributed by atoms with Crippen LogP contribution >= 0.6 is 0 Å². The molecule has 1 aliphatic heterocycles. The summed E-state index contributed by atoms with van der Waals surface area (Å²) >= 11 is 0. The maximum absolute atomic E-state index is 11.3. The molecule has 1 heterocycles. The molecule has 1 fully saturated rings. The number of carbonyl (C=O) groups is 1. The van der Waals surface area contributed by atoms with Gasteiger partial charge in [-0.2, -0.15) is 0 Å². The Bertz CT molecular complexity index is 249. The first-order chi connectivity index (χ1) is 5.94. The van der Waals surface area contributed by atoms with Gasteiger partial charge in [0, 0.05) is 13.1 Å². The quantitative estimate of drug-likeness (QED) is 0.516. The molecule has 1 rings (SSSR count). The van der Waals surface area contributed by atoms with E-state index in [1.165, 1.54) is 6.42 Å². The highest BCUT2D eigenvalue weighted by Gasteiger charge is 2.32. The standard InChI is InChI=1S/C11H17NO/c1-5-10(13)12-7-9(2)6-11(3,4)8-12/h1,9H,6-8H2,2-4H3. The molecule has 2 nitrogen and oxygen atoms in total. The van der Waals surface area contributed by atoms with Crippen molar-refractivity contribution in [3.63, 3.8) is 0 Å². The lowest BCUT2D eigenvalue weighted by Crippen LogP contribution is -2.46. The number of amides is 1. The van der Waals surface area contributed by atoms with Gasteiger partial charge in [-0.25, -0.2) is 0 Å². The van der Waals surface area contributed by atoms with E-state index in [2.05, 4.69) is 26.7 Å². The molecule has 0 aromatic carbocycles. The Labute approximate surface area is 80.3 Å². The van der Waals surface area contributed by atoms with Gasteiger partial charge >= 0.3 is 0 Å². The molecule has 2 heteroatoms. The fourth-order valence-corrected chi connectivity index (χ4v) is 2.28. The number of rotatable bonds is 0. The van der Waals surface area contributed by atoms with Crippen LogP contribution in [0.25, 0.3) is 0 Å². The molecule has 0 spiro atoms. The highest BCUT2D eigenvalue weighted by atomic mass is 16.2. The molecule has 0 bridgehead atoms. The van der Waals surface area contributed by atoms with Gasteiger partial charge in [-0.15, -0.1) is 6.42 Å². The maximum Gasteiger partial charge on any atom is 0.298 e. The summed E-state index contributed by atoms with van der Waals surface area (Å²) in [5.74, 6) is 2.57. The van der Waals surface area contributed by atoms with Crippen LogP contribution in [-0.2, 0) is 4.79 Å². The van der Waals surface area contributed by atoms with Gasteiger partial charge in [-0.3, -0.25) is 4.79 Å². The van der Waals surface area contributed by atoms with Gasteiger partial charge in [0.1, 0.15) is 0 Å². The predicted molar refractivity (Wildman–Crippen MR) is 53.0 cm³/mol. The van der Waals surface area contributed by atoms with Crippen LogP contribution in [0.5, 0.6) is 0 Å². The number of piperidine rings is 1. The third-order valence-electron chi connectivity index (χ3n) is 2.46. The number of hydrogen-bond acceptors (Lipinski definition) is 1. The molecule has 1 atom stereocenters. The second-order valence-electron chi connectivity index (χ2n) is 4.80. The number of likely N-dealkylation sites (tertiary alicyclic amines) is 1. The second kappa shape index (κ2) is 3.41. The Balaban J connectivity index is 2.69. The molecule has 0 radical (unpaired) electrons. The van der Waals surface area contributed by atoms with Gasteiger partial charge in [0.05, 0.1) is 0 Å². The Morgan fingerprint density at radius 1 is 1.62 bits per heavy atom. The van der Waals surface area contributed by atoms with Gasteiger partial charge in [0.25, 0.3) is 5.91 Å². The Hall–Kier alpha value is -0.970. The van der Waals surface area contributed by atoms with E-state index in [9.17, 15) is 4.79 Å². The first kappa shape index (κ1) is 10.1. The van der Waals surface area contributed by atoms with E-state index >= 15 is 0 Å². The van der Waals surface area contributed by atoms with Gasteiger partial charge in [0.15, 0.2) is 0 Å². The zero-order valence-corrected chi connectivity index (χ0v) is 8.63. The summed E-state index contributed by atoms with van der Waals surface area (Å²) in [7, 11) is 0. The summed E-state index contributed by atoms with van der Waals surface area (Å²) < 4.78 is 0. The topological polar surface area (TPSA) is 20.3 Å². The summed E-state index contributed by atoms with van der Waals surface area (Å²) in [5.41, 5.74) is 0.212. The first-order valence-corrected chi connectivity index (χ1v) is 4.70. The predicted octanol–water partition coefficient (Wildman–Crippen LogP) is 1.51. The molecule has 1 aliphatic rings. The van der Waals surface area contributed by atoms with Gasteiger partial charge < -0.3 is 4.90 Å². The average Bonchev–Trinajstić information content (AvgIpc) is 1.99. The maximum atomic E-state index is 11.3. The highest BCUT2D eigenvalue weighted by Crippen LogP contribution is 2.31. The molecule has 1 unspecified atom stereocenters. The molecule has 72 valence electrons. The van der Waals surface area contributed by atoms with E-state index in [1.54, 1.807) is 4.90 Å². The number of nitrogens with zero attached hydrogens (tertiary/aromatic N) is 1. The lowest BCUT2D eigenvalue weighted by Gasteiger charge is -2.40. The lowest BCUT2D eigenvalue weighted by atomic mass is 9.79. The Morgan fingerprint density at radius 3 is 2.69 bits per heavy atom. The molecule has 1 saturated heterocycles. The highest BCUT2D eigenvalue weighted by molar-refractivity contribution is 5.93. The van der Waals surface area contributed by atoms with E-state index in [0.717, 1.165) is 13.1 Å². The SMILES string of the molecule is C#CC(=O)N1CC(C)CC(C)(C)C1. The van der Waals surface area contributed by atoms with Crippen LogP contribution in [0, 0.1) is 23.7 Å². The van der Waals surface area contributed by atoms with Crippen LogP contribution in [0.2, 0.25) is 0 Å². The average molecular weight is 179 g/mol.